The minimum atomic E-state index is -1.46. The highest BCUT2D eigenvalue weighted by Crippen LogP contribution is 2.34. The molecular formula is C17H28N2O9. The molecule has 0 radical (unpaired) electrons. The van der Waals surface area contributed by atoms with Crippen molar-refractivity contribution in [3.8, 4) is 0 Å². The van der Waals surface area contributed by atoms with Gasteiger partial charge < -0.3 is 23.7 Å². The molecule has 28 heavy (non-hydrogen) atoms. The second-order valence-electron chi connectivity index (χ2n) is 7.78. The van der Waals surface area contributed by atoms with E-state index in [4.69, 9.17) is 23.7 Å². The van der Waals surface area contributed by atoms with E-state index in [1.54, 1.807) is 27.7 Å². The molecule has 0 spiro atoms. The van der Waals surface area contributed by atoms with E-state index in [0.717, 1.165) is 0 Å². The quantitative estimate of drug-likeness (QED) is 0.301. The van der Waals surface area contributed by atoms with Crippen LogP contribution in [0.4, 0.5) is 0 Å². The Morgan fingerprint density at radius 3 is 2.04 bits per heavy atom. The number of hydrogen-bond acceptors (Lipinski definition) is 9. The van der Waals surface area contributed by atoms with E-state index in [-0.39, 0.29) is 19.8 Å². The van der Waals surface area contributed by atoms with Gasteiger partial charge in [-0.1, -0.05) is 6.08 Å². The second kappa shape index (κ2) is 8.78. The van der Waals surface area contributed by atoms with Crippen LogP contribution in [0.1, 0.15) is 27.7 Å². The average molecular weight is 404 g/mol. The summed E-state index contributed by atoms with van der Waals surface area (Å²) >= 11 is 0. The lowest BCUT2D eigenvalue weighted by molar-refractivity contribution is -0.570. The van der Waals surface area contributed by atoms with E-state index in [0.29, 0.717) is 0 Å². The zero-order valence-corrected chi connectivity index (χ0v) is 16.6. The predicted molar refractivity (Wildman–Crippen MR) is 95.9 cm³/mol. The van der Waals surface area contributed by atoms with Crippen LogP contribution in [0.2, 0.25) is 0 Å². The predicted octanol–water partition coefficient (Wildman–Crippen LogP) is 1.40. The first-order valence-electron chi connectivity index (χ1n) is 9.07. The van der Waals surface area contributed by atoms with E-state index < -0.39 is 58.2 Å². The molecule has 0 amide bonds. The number of nitrogens with zero attached hydrogens (tertiary/aromatic N) is 2. The van der Waals surface area contributed by atoms with E-state index in [1.807, 2.05) is 0 Å². The third kappa shape index (κ3) is 5.67. The summed E-state index contributed by atoms with van der Waals surface area (Å²) in [4.78, 5) is 22.2. The summed E-state index contributed by atoms with van der Waals surface area (Å²) in [5.41, 5.74) is 0. The third-order valence-electron chi connectivity index (χ3n) is 4.69. The van der Waals surface area contributed by atoms with Crippen LogP contribution >= 0.6 is 0 Å². The number of hydrogen-bond donors (Lipinski definition) is 0. The van der Waals surface area contributed by atoms with Crippen LogP contribution in [-0.2, 0) is 23.7 Å². The first-order valence-corrected chi connectivity index (χ1v) is 9.07. The first kappa shape index (κ1) is 22.6. The maximum atomic E-state index is 12.0. The van der Waals surface area contributed by atoms with Crippen molar-refractivity contribution in [2.45, 2.75) is 63.6 Å². The van der Waals surface area contributed by atoms with Gasteiger partial charge in [-0.3, -0.25) is 20.2 Å². The number of nitro groups is 2. The Kier molecular flexibility index (Phi) is 7.10. The minimum Gasteiger partial charge on any atom is -0.364 e. The smallest absolute Gasteiger partial charge is 0.253 e. The van der Waals surface area contributed by atoms with Crippen LogP contribution in [0.3, 0.4) is 0 Å². The Morgan fingerprint density at radius 2 is 1.64 bits per heavy atom. The fourth-order valence-corrected chi connectivity index (χ4v) is 3.55. The maximum absolute atomic E-state index is 12.0. The van der Waals surface area contributed by atoms with Crippen LogP contribution in [0.25, 0.3) is 0 Å². The molecule has 0 saturated carbocycles. The van der Waals surface area contributed by atoms with Crippen molar-refractivity contribution < 1.29 is 33.5 Å². The highest BCUT2D eigenvalue weighted by Gasteiger charge is 2.55. The zero-order chi connectivity index (χ0) is 21.1. The summed E-state index contributed by atoms with van der Waals surface area (Å²) in [5.74, 6) is -3.00. The van der Waals surface area contributed by atoms with Crippen LogP contribution in [0.15, 0.2) is 12.7 Å². The van der Waals surface area contributed by atoms with E-state index >= 15 is 0 Å². The van der Waals surface area contributed by atoms with Crippen LogP contribution < -0.4 is 0 Å². The Labute approximate surface area is 163 Å². The fourth-order valence-electron chi connectivity index (χ4n) is 3.55. The molecule has 0 aromatic carbocycles. The van der Waals surface area contributed by atoms with Crippen LogP contribution in [-0.4, -0.2) is 72.1 Å². The standard InChI is InChI=1S/C17H28N2O9/c1-6-7-24-15(13-10-26-17(4,5)28-13)14(19(22)23)11(8-18(20)21)12-9-25-16(2,3)27-12/h6,11-15H,1,7-10H2,2-5H3/t11?,12-,13-,14?,15?/m1/s1. The van der Waals surface area contributed by atoms with Crippen molar-refractivity contribution in [1.82, 2.24) is 0 Å². The molecule has 2 saturated heterocycles. The molecule has 2 aliphatic rings. The Bertz CT molecular complexity index is 595. The van der Waals surface area contributed by atoms with E-state index in [9.17, 15) is 20.2 Å². The molecule has 3 unspecified atom stereocenters. The molecule has 160 valence electrons. The van der Waals surface area contributed by atoms with Crippen molar-refractivity contribution in [2.75, 3.05) is 26.4 Å². The topological polar surface area (TPSA) is 132 Å². The highest BCUT2D eigenvalue weighted by molar-refractivity contribution is 4.92. The molecule has 2 aliphatic heterocycles. The van der Waals surface area contributed by atoms with Gasteiger partial charge >= 0.3 is 0 Å². The molecule has 5 atom stereocenters. The minimum absolute atomic E-state index is 0.0115. The van der Waals surface area contributed by atoms with Crippen molar-refractivity contribution in [2.24, 2.45) is 5.92 Å². The molecule has 11 heteroatoms. The lowest BCUT2D eigenvalue weighted by Gasteiger charge is -2.31. The summed E-state index contributed by atoms with van der Waals surface area (Å²) in [7, 11) is 0. The third-order valence-corrected chi connectivity index (χ3v) is 4.69. The first-order chi connectivity index (χ1) is 13.0. The SMILES string of the molecule is C=CCOC(C(C(C[N+](=O)[O-])[C@H]1COC(C)(C)O1)[N+](=O)[O-])[C@H]1COC(C)(C)O1. The van der Waals surface area contributed by atoms with Gasteiger partial charge in [-0.2, -0.15) is 0 Å². The van der Waals surface area contributed by atoms with Gasteiger partial charge in [0.2, 0.25) is 6.54 Å². The Balaban J connectivity index is 2.35. The van der Waals surface area contributed by atoms with Crippen LogP contribution in [0, 0.1) is 26.1 Å². The van der Waals surface area contributed by atoms with E-state index in [2.05, 4.69) is 6.58 Å². The fraction of sp³-hybridized carbons (Fsp3) is 0.882. The van der Waals surface area contributed by atoms with Crippen molar-refractivity contribution in [3.05, 3.63) is 32.9 Å². The van der Waals surface area contributed by atoms with E-state index in [1.165, 1.54) is 6.08 Å². The van der Waals surface area contributed by atoms with Gasteiger partial charge in [0, 0.05) is 9.85 Å². The Hall–Kier alpha value is -1.66. The molecule has 2 rings (SSSR count). The molecule has 2 fully saturated rings. The van der Waals surface area contributed by atoms with Crippen LogP contribution in [0.5, 0.6) is 0 Å². The van der Waals surface area contributed by atoms with Crippen molar-refractivity contribution in [1.29, 1.82) is 0 Å². The highest BCUT2D eigenvalue weighted by atomic mass is 16.8. The molecule has 0 aromatic rings. The normalized spacial score (nSPS) is 29.1. The van der Waals surface area contributed by atoms with Gasteiger partial charge in [0.1, 0.15) is 18.1 Å². The summed E-state index contributed by atoms with van der Waals surface area (Å²) in [6, 6.07) is -1.46. The number of ether oxygens (including phenoxy) is 5. The lowest BCUT2D eigenvalue weighted by atomic mass is 9.88. The molecular weight excluding hydrogens is 376 g/mol. The van der Waals surface area contributed by atoms with Gasteiger partial charge in [-0.05, 0) is 27.7 Å². The average Bonchev–Trinajstić information content (AvgIpc) is 3.10. The molecule has 2 heterocycles. The molecule has 0 aromatic heterocycles. The molecule has 11 nitrogen and oxygen atoms in total. The summed E-state index contributed by atoms with van der Waals surface area (Å²) in [6.45, 7) is 9.67. The zero-order valence-electron chi connectivity index (χ0n) is 16.6. The van der Waals surface area contributed by atoms with Gasteiger partial charge in [0.05, 0.1) is 19.8 Å². The van der Waals surface area contributed by atoms with Gasteiger partial charge in [-0.15, -0.1) is 6.58 Å². The summed E-state index contributed by atoms with van der Waals surface area (Å²) in [6.07, 6.45) is -1.24. The van der Waals surface area contributed by atoms with Crippen molar-refractivity contribution >= 4 is 0 Å². The molecule has 0 aliphatic carbocycles. The Morgan fingerprint density at radius 1 is 1.11 bits per heavy atom. The van der Waals surface area contributed by atoms with Crippen molar-refractivity contribution in [3.63, 3.8) is 0 Å². The molecule has 0 bridgehead atoms. The monoisotopic (exact) mass is 404 g/mol. The summed E-state index contributed by atoms with van der Waals surface area (Å²) < 4.78 is 28.2. The van der Waals surface area contributed by atoms with Gasteiger partial charge in [0.25, 0.3) is 6.04 Å². The molecule has 0 N–H and O–H groups in total. The number of rotatable bonds is 10. The second-order valence-corrected chi connectivity index (χ2v) is 7.78. The lowest BCUT2D eigenvalue weighted by Crippen LogP contribution is -2.54. The largest absolute Gasteiger partial charge is 0.364 e. The van der Waals surface area contributed by atoms with Gasteiger partial charge in [-0.25, -0.2) is 0 Å². The maximum Gasteiger partial charge on any atom is 0.253 e. The summed E-state index contributed by atoms with van der Waals surface area (Å²) in [5, 5.41) is 23.3. The van der Waals surface area contributed by atoms with Gasteiger partial charge in [0.15, 0.2) is 17.7 Å².